The molecule has 2 aliphatic heterocycles. The Labute approximate surface area is 121 Å². The highest BCUT2D eigenvalue weighted by atomic mass is 32.2. The number of alkyl halides is 1. The minimum atomic E-state index is -3.86. The minimum Gasteiger partial charge on any atom is -0.455 e. The molecule has 21 heavy (non-hydrogen) atoms. The molecule has 0 bridgehead atoms. The highest BCUT2D eigenvalue weighted by molar-refractivity contribution is 7.87. The average molecular weight is 312 g/mol. The zero-order valence-electron chi connectivity index (χ0n) is 10.8. The van der Waals surface area contributed by atoms with Crippen LogP contribution in [0.1, 0.15) is 11.7 Å². The fourth-order valence-electron chi connectivity index (χ4n) is 2.47. The summed E-state index contributed by atoms with van der Waals surface area (Å²) in [6, 6.07) is 6.18. The van der Waals surface area contributed by atoms with Crippen molar-refractivity contribution >= 4 is 16.2 Å². The number of halogens is 1. The molecule has 8 heteroatoms. The number of ether oxygens (including phenoxy) is 1. The SMILES string of the molecule is O=C1C=C[C@@H]2NS(=O)(=O)N[C@@H]([C@H](F)c3ccccc3)[C@@H]2O1. The number of benzene rings is 1. The molecule has 0 aromatic heterocycles. The summed E-state index contributed by atoms with van der Waals surface area (Å²) in [5, 5.41) is 0. The predicted molar refractivity (Wildman–Crippen MR) is 72.1 cm³/mol. The van der Waals surface area contributed by atoms with Gasteiger partial charge in [0.25, 0.3) is 10.2 Å². The van der Waals surface area contributed by atoms with E-state index in [0.29, 0.717) is 5.56 Å². The van der Waals surface area contributed by atoms with Crippen LogP contribution in [0, 0.1) is 0 Å². The van der Waals surface area contributed by atoms with Gasteiger partial charge in [-0.15, -0.1) is 0 Å². The van der Waals surface area contributed by atoms with Gasteiger partial charge in [-0.2, -0.15) is 17.9 Å². The van der Waals surface area contributed by atoms with E-state index in [0.717, 1.165) is 6.08 Å². The monoisotopic (exact) mass is 312 g/mol. The van der Waals surface area contributed by atoms with Gasteiger partial charge in [-0.05, 0) is 5.56 Å². The Morgan fingerprint density at radius 2 is 1.90 bits per heavy atom. The van der Waals surface area contributed by atoms with E-state index in [4.69, 9.17) is 4.74 Å². The lowest BCUT2D eigenvalue weighted by Crippen LogP contribution is -2.65. The van der Waals surface area contributed by atoms with E-state index in [1.807, 2.05) is 0 Å². The third kappa shape index (κ3) is 2.82. The van der Waals surface area contributed by atoms with Crippen LogP contribution in [-0.2, 0) is 19.7 Å². The molecule has 1 fully saturated rings. The van der Waals surface area contributed by atoms with Crippen LogP contribution in [0.3, 0.4) is 0 Å². The molecule has 0 saturated carbocycles. The first-order chi connectivity index (χ1) is 9.96. The maximum absolute atomic E-state index is 14.7. The largest absolute Gasteiger partial charge is 0.455 e. The Bertz CT molecular complexity index is 677. The molecule has 0 amide bonds. The number of nitrogens with one attached hydrogen (secondary N) is 2. The fraction of sp³-hybridized carbons (Fsp3) is 0.308. The second kappa shape index (κ2) is 5.21. The van der Waals surface area contributed by atoms with Crippen LogP contribution in [0.15, 0.2) is 42.5 Å². The van der Waals surface area contributed by atoms with Crippen molar-refractivity contribution in [3.8, 4) is 0 Å². The van der Waals surface area contributed by atoms with Crippen LogP contribution < -0.4 is 9.44 Å². The smallest absolute Gasteiger partial charge is 0.330 e. The third-order valence-electron chi connectivity index (χ3n) is 3.42. The molecule has 2 aliphatic rings. The number of carbonyl (C=O) groups is 1. The molecule has 0 spiro atoms. The summed E-state index contributed by atoms with van der Waals surface area (Å²) in [7, 11) is -3.86. The Morgan fingerprint density at radius 1 is 1.19 bits per heavy atom. The first-order valence-electron chi connectivity index (χ1n) is 6.34. The maximum atomic E-state index is 14.7. The molecular weight excluding hydrogens is 299 g/mol. The highest BCUT2D eigenvalue weighted by Crippen LogP contribution is 2.30. The van der Waals surface area contributed by atoms with E-state index < -0.39 is 40.5 Å². The standard InChI is InChI=1S/C13H13FN2O4S/c14-11(8-4-2-1-3-5-8)12-13-9(6-7-10(17)20-13)15-21(18,19)16-12/h1-7,9,11-13,15-16H/t9-,11+,12-,13+/m0/s1. The minimum absolute atomic E-state index is 0.316. The van der Waals surface area contributed by atoms with E-state index >= 15 is 0 Å². The van der Waals surface area contributed by atoms with Gasteiger partial charge < -0.3 is 4.74 Å². The summed E-state index contributed by atoms with van der Waals surface area (Å²) in [5.74, 6) is -0.621. The van der Waals surface area contributed by atoms with Crippen molar-refractivity contribution in [3.63, 3.8) is 0 Å². The van der Waals surface area contributed by atoms with Crippen molar-refractivity contribution in [1.29, 1.82) is 0 Å². The van der Waals surface area contributed by atoms with Gasteiger partial charge in [0.2, 0.25) is 0 Å². The van der Waals surface area contributed by atoms with Gasteiger partial charge in [0.15, 0.2) is 0 Å². The number of rotatable bonds is 2. The van der Waals surface area contributed by atoms with Crippen molar-refractivity contribution in [3.05, 3.63) is 48.0 Å². The van der Waals surface area contributed by atoms with Crippen molar-refractivity contribution in [2.24, 2.45) is 0 Å². The summed E-state index contributed by atoms with van der Waals surface area (Å²) >= 11 is 0. The molecule has 3 rings (SSSR count). The second-order valence-corrected chi connectivity index (χ2v) is 6.34. The molecule has 4 atom stereocenters. The Kier molecular flexibility index (Phi) is 3.52. The first-order valence-corrected chi connectivity index (χ1v) is 7.82. The number of hydrogen-bond donors (Lipinski definition) is 2. The van der Waals surface area contributed by atoms with Crippen LogP contribution in [0.4, 0.5) is 4.39 Å². The van der Waals surface area contributed by atoms with Crippen molar-refractivity contribution < 1.29 is 22.3 Å². The summed E-state index contributed by atoms with van der Waals surface area (Å²) in [5.41, 5.74) is 0.316. The van der Waals surface area contributed by atoms with E-state index in [-0.39, 0.29) is 0 Å². The Hall–Kier alpha value is -1.77. The second-order valence-electron chi connectivity index (χ2n) is 4.86. The quantitative estimate of drug-likeness (QED) is 0.772. The molecular formula is C13H13FN2O4S. The zero-order valence-corrected chi connectivity index (χ0v) is 11.6. The van der Waals surface area contributed by atoms with E-state index in [2.05, 4.69) is 9.44 Å². The van der Waals surface area contributed by atoms with E-state index in [1.54, 1.807) is 30.3 Å². The lowest BCUT2D eigenvalue weighted by atomic mass is 9.94. The number of carbonyl (C=O) groups excluding carboxylic acids is 1. The molecule has 0 aliphatic carbocycles. The molecule has 1 aromatic rings. The van der Waals surface area contributed by atoms with Crippen LogP contribution >= 0.6 is 0 Å². The van der Waals surface area contributed by atoms with Gasteiger partial charge in [-0.3, -0.25) is 0 Å². The van der Waals surface area contributed by atoms with Gasteiger partial charge in [0, 0.05) is 6.08 Å². The number of fused-ring (bicyclic) bond motifs is 1. The Balaban J connectivity index is 1.95. The number of esters is 1. The molecule has 2 N–H and O–H groups in total. The van der Waals surface area contributed by atoms with Gasteiger partial charge >= 0.3 is 5.97 Å². The van der Waals surface area contributed by atoms with Crippen molar-refractivity contribution in [2.75, 3.05) is 0 Å². The van der Waals surface area contributed by atoms with Crippen molar-refractivity contribution in [1.82, 2.24) is 9.44 Å². The lowest BCUT2D eigenvalue weighted by molar-refractivity contribution is -0.148. The van der Waals surface area contributed by atoms with E-state index in [9.17, 15) is 17.6 Å². The first kappa shape index (κ1) is 14.2. The summed E-state index contributed by atoms with van der Waals surface area (Å²) in [6.07, 6.45) is -0.0716. The predicted octanol–water partition coefficient (Wildman–Crippen LogP) is 0.354. The van der Waals surface area contributed by atoms with Gasteiger partial charge in [-0.1, -0.05) is 36.4 Å². The summed E-state index contributed by atoms with van der Waals surface area (Å²) in [6.45, 7) is 0. The van der Waals surface area contributed by atoms with Gasteiger partial charge in [-0.25, -0.2) is 9.18 Å². The molecule has 6 nitrogen and oxygen atoms in total. The topological polar surface area (TPSA) is 84.5 Å². The normalized spacial score (nSPS) is 32.0. The maximum Gasteiger partial charge on any atom is 0.330 e. The highest BCUT2D eigenvalue weighted by Gasteiger charge is 2.46. The van der Waals surface area contributed by atoms with Crippen LogP contribution in [0.2, 0.25) is 0 Å². The molecule has 2 heterocycles. The molecule has 0 unspecified atom stereocenters. The third-order valence-corrected chi connectivity index (χ3v) is 4.58. The van der Waals surface area contributed by atoms with Crippen LogP contribution in [0.5, 0.6) is 0 Å². The fourth-order valence-corrected chi connectivity index (χ4v) is 3.72. The zero-order chi connectivity index (χ0) is 15.0. The molecule has 1 aromatic carbocycles. The average Bonchev–Trinajstić information content (AvgIpc) is 2.46. The summed E-state index contributed by atoms with van der Waals surface area (Å²) < 4.78 is 47.8. The molecule has 0 radical (unpaired) electrons. The number of hydrogen-bond acceptors (Lipinski definition) is 4. The van der Waals surface area contributed by atoms with Gasteiger partial charge in [0.05, 0.1) is 12.1 Å². The van der Waals surface area contributed by atoms with Gasteiger partial charge in [0.1, 0.15) is 12.3 Å². The molecule has 1 saturated heterocycles. The molecule has 112 valence electrons. The summed E-state index contributed by atoms with van der Waals surface area (Å²) in [4.78, 5) is 11.3. The van der Waals surface area contributed by atoms with E-state index in [1.165, 1.54) is 6.08 Å². The lowest BCUT2D eigenvalue weighted by Gasteiger charge is -2.39. The van der Waals surface area contributed by atoms with Crippen molar-refractivity contribution in [2.45, 2.75) is 24.4 Å². The van der Waals surface area contributed by atoms with Crippen LogP contribution in [0.25, 0.3) is 0 Å². The van der Waals surface area contributed by atoms with Crippen LogP contribution in [-0.4, -0.2) is 32.6 Å². The Morgan fingerprint density at radius 3 is 2.62 bits per heavy atom.